The van der Waals surface area contributed by atoms with Crippen LogP contribution in [0.4, 0.5) is 4.39 Å². The highest BCUT2D eigenvalue weighted by molar-refractivity contribution is 7.99. The van der Waals surface area contributed by atoms with Crippen molar-refractivity contribution in [3.05, 3.63) is 80.8 Å². The Bertz CT molecular complexity index is 1110. The highest BCUT2D eigenvalue weighted by Gasteiger charge is 2.28. The van der Waals surface area contributed by atoms with Gasteiger partial charge < -0.3 is 0 Å². The topological polar surface area (TPSA) is 34.9 Å². The van der Waals surface area contributed by atoms with E-state index in [1.54, 1.807) is 46.8 Å². The van der Waals surface area contributed by atoms with Crippen molar-refractivity contribution in [2.75, 3.05) is 5.75 Å². The van der Waals surface area contributed by atoms with Crippen molar-refractivity contribution in [2.45, 2.75) is 5.75 Å². The monoisotopic (exact) mass is 452 g/mol. The maximum absolute atomic E-state index is 13.2. The lowest BCUT2D eigenvalue weighted by Gasteiger charge is -2.18. The molecule has 2 aromatic carbocycles. The highest BCUT2D eigenvalue weighted by atomic mass is 35.5. The Morgan fingerprint density at radius 2 is 1.89 bits per heavy atom. The number of thioether (sulfide) groups is 1. The van der Waals surface area contributed by atoms with Crippen molar-refractivity contribution in [1.29, 1.82) is 0 Å². The molecule has 0 unspecified atom stereocenters. The normalized spacial score (nSPS) is 14.9. The largest absolute Gasteiger partial charge is 0.274 e. The number of rotatable bonds is 3. The molecule has 142 valence electrons. The average Bonchev–Trinajstić information content (AvgIpc) is 3.04. The summed E-state index contributed by atoms with van der Waals surface area (Å²) in [5.74, 6) is 1.01. The fraction of sp³-hybridized carbons (Fsp3) is 0.100. The summed E-state index contributed by atoms with van der Waals surface area (Å²) >= 11 is 19.9. The third-order valence-electron chi connectivity index (χ3n) is 4.33. The van der Waals surface area contributed by atoms with Gasteiger partial charge in [0.15, 0.2) is 0 Å². The summed E-state index contributed by atoms with van der Waals surface area (Å²) in [5, 5.41) is 4.74. The van der Waals surface area contributed by atoms with Gasteiger partial charge >= 0.3 is 0 Å². The SMILES string of the molecule is O=C(Cl)c1nn(-c2ccc(Cl)cc2Cl)c2c1CSCC2=Cc1ccc(F)cc1. The summed E-state index contributed by atoms with van der Waals surface area (Å²) in [6, 6.07) is 11.3. The minimum atomic E-state index is -0.622. The minimum Gasteiger partial charge on any atom is -0.274 e. The zero-order valence-electron chi connectivity index (χ0n) is 14.3. The van der Waals surface area contributed by atoms with Gasteiger partial charge in [0.1, 0.15) is 11.5 Å². The Hall–Kier alpha value is -1.79. The number of hydrogen-bond donors (Lipinski definition) is 0. The van der Waals surface area contributed by atoms with E-state index in [2.05, 4.69) is 5.10 Å². The Morgan fingerprint density at radius 3 is 2.57 bits per heavy atom. The molecule has 1 aromatic heterocycles. The summed E-state index contributed by atoms with van der Waals surface area (Å²) in [6.07, 6.45) is 1.95. The first-order chi connectivity index (χ1) is 13.4. The van der Waals surface area contributed by atoms with Gasteiger partial charge in [-0.3, -0.25) is 4.79 Å². The molecule has 0 spiro atoms. The van der Waals surface area contributed by atoms with Gasteiger partial charge in [-0.05, 0) is 59.1 Å². The maximum atomic E-state index is 13.2. The second-order valence-corrected chi connectivity index (χ2v) is 8.34. The van der Waals surface area contributed by atoms with E-state index in [-0.39, 0.29) is 11.5 Å². The molecule has 0 radical (unpaired) electrons. The molecule has 0 amide bonds. The van der Waals surface area contributed by atoms with Gasteiger partial charge in [0.2, 0.25) is 0 Å². The van der Waals surface area contributed by atoms with Gasteiger partial charge in [0.05, 0.1) is 16.4 Å². The average molecular weight is 454 g/mol. The van der Waals surface area contributed by atoms with Crippen molar-refractivity contribution in [3.8, 4) is 5.69 Å². The molecule has 0 aliphatic carbocycles. The van der Waals surface area contributed by atoms with Crippen LogP contribution in [-0.2, 0) is 5.75 Å². The lowest BCUT2D eigenvalue weighted by atomic mass is 10.0. The van der Waals surface area contributed by atoms with E-state index < -0.39 is 5.24 Å². The molecule has 0 fully saturated rings. The molecule has 3 aromatic rings. The molecule has 1 aliphatic heterocycles. The van der Waals surface area contributed by atoms with Gasteiger partial charge in [-0.25, -0.2) is 9.07 Å². The first-order valence-electron chi connectivity index (χ1n) is 8.25. The highest BCUT2D eigenvalue weighted by Crippen LogP contribution is 2.39. The lowest BCUT2D eigenvalue weighted by molar-refractivity contribution is 0.107. The third-order valence-corrected chi connectivity index (χ3v) is 6.05. The molecule has 3 nitrogen and oxygen atoms in total. The Kier molecular flexibility index (Phi) is 5.52. The van der Waals surface area contributed by atoms with Crippen molar-refractivity contribution >= 4 is 63.5 Å². The lowest BCUT2D eigenvalue weighted by Crippen LogP contribution is -2.08. The van der Waals surface area contributed by atoms with E-state index in [4.69, 9.17) is 34.8 Å². The van der Waals surface area contributed by atoms with Gasteiger partial charge in [0.25, 0.3) is 5.24 Å². The minimum absolute atomic E-state index is 0.208. The van der Waals surface area contributed by atoms with Crippen LogP contribution in [0.2, 0.25) is 10.0 Å². The zero-order valence-corrected chi connectivity index (χ0v) is 17.3. The first-order valence-corrected chi connectivity index (χ1v) is 10.5. The quantitative estimate of drug-likeness (QED) is 0.425. The standard InChI is InChI=1S/C20H12Cl3FN2OS/c21-13-3-6-17(16(22)8-13)26-19-12(7-11-1-4-14(24)5-2-11)9-28-10-15(19)18(25-26)20(23)27/h1-8H,9-10H2. The molecule has 0 atom stereocenters. The van der Waals surface area contributed by atoms with Gasteiger partial charge in [-0.15, -0.1) is 0 Å². The molecule has 8 heteroatoms. The van der Waals surface area contributed by atoms with Gasteiger partial charge in [-0.2, -0.15) is 16.9 Å². The zero-order chi connectivity index (χ0) is 19.8. The molecule has 2 heterocycles. The van der Waals surface area contributed by atoms with Crippen LogP contribution in [0.15, 0.2) is 42.5 Å². The Balaban J connectivity index is 1.94. The van der Waals surface area contributed by atoms with E-state index in [0.717, 1.165) is 22.4 Å². The van der Waals surface area contributed by atoms with Crippen molar-refractivity contribution in [2.24, 2.45) is 0 Å². The van der Waals surface area contributed by atoms with E-state index >= 15 is 0 Å². The molecule has 0 N–H and O–H groups in total. The molecule has 0 saturated carbocycles. The van der Waals surface area contributed by atoms with Gasteiger partial charge in [-0.1, -0.05) is 35.3 Å². The van der Waals surface area contributed by atoms with Crippen molar-refractivity contribution in [1.82, 2.24) is 9.78 Å². The van der Waals surface area contributed by atoms with Crippen LogP contribution in [0.3, 0.4) is 0 Å². The number of carbonyl (C=O) groups excluding carboxylic acids is 1. The van der Waals surface area contributed by atoms with Gasteiger partial charge in [0, 0.05) is 22.1 Å². The number of nitrogens with zero attached hydrogens (tertiary/aromatic N) is 2. The number of halogens is 4. The predicted molar refractivity (Wildman–Crippen MR) is 114 cm³/mol. The second kappa shape index (κ2) is 7.91. The van der Waals surface area contributed by atoms with Crippen LogP contribution >= 0.6 is 46.6 Å². The summed E-state index contributed by atoms with van der Waals surface area (Å²) in [6.45, 7) is 0. The molecule has 1 aliphatic rings. The summed E-state index contributed by atoms with van der Waals surface area (Å²) in [7, 11) is 0. The fourth-order valence-electron chi connectivity index (χ4n) is 3.10. The van der Waals surface area contributed by atoms with Crippen LogP contribution in [0, 0.1) is 5.82 Å². The molecular weight excluding hydrogens is 442 g/mol. The van der Waals surface area contributed by atoms with Crippen LogP contribution in [0.25, 0.3) is 17.3 Å². The first kappa shape index (κ1) is 19.5. The Morgan fingerprint density at radius 1 is 1.14 bits per heavy atom. The van der Waals surface area contributed by atoms with Crippen LogP contribution < -0.4 is 0 Å². The number of fused-ring (bicyclic) bond motifs is 1. The fourth-order valence-corrected chi connectivity index (χ4v) is 4.76. The summed E-state index contributed by atoms with van der Waals surface area (Å²) in [5.41, 5.74) is 4.13. The van der Waals surface area contributed by atoms with E-state index in [1.807, 2.05) is 6.08 Å². The third kappa shape index (κ3) is 3.72. The summed E-state index contributed by atoms with van der Waals surface area (Å²) < 4.78 is 14.9. The number of hydrogen-bond acceptors (Lipinski definition) is 3. The molecule has 0 saturated heterocycles. The number of carbonyl (C=O) groups is 1. The smallest absolute Gasteiger partial charge is 0.273 e. The molecule has 0 bridgehead atoms. The van der Waals surface area contributed by atoms with E-state index in [1.165, 1.54) is 12.1 Å². The molecular formula is C20H12Cl3FN2OS. The van der Waals surface area contributed by atoms with Crippen LogP contribution in [-0.4, -0.2) is 20.8 Å². The van der Waals surface area contributed by atoms with Crippen LogP contribution in [0.5, 0.6) is 0 Å². The predicted octanol–water partition coefficient (Wildman–Crippen LogP) is 6.48. The second-order valence-electron chi connectivity index (χ2n) is 6.17. The van der Waals surface area contributed by atoms with Crippen molar-refractivity contribution < 1.29 is 9.18 Å². The van der Waals surface area contributed by atoms with E-state index in [9.17, 15) is 9.18 Å². The Labute approximate surface area is 180 Å². The number of aromatic nitrogens is 2. The van der Waals surface area contributed by atoms with Crippen molar-refractivity contribution in [3.63, 3.8) is 0 Å². The van der Waals surface area contributed by atoms with Crippen LogP contribution in [0.1, 0.15) is 27.3 Å². The molecule has 28 heavy (non-hydrogen) atoms. The summed E-state index contributed by atoms with van der Waals surface area (Å²) in [4.78, 5) is 12.0. The molecule has 4 rings (SSSR count). The van der Waals surface area contributed by atoms with E-state index in [0.29, 0.717) is 27.2 Å². The maximum Gasteiger partial charge on any atom is 0.273 e. The number of benzene rings is 2.